The number of rotatable bonds is 6. The quantitative estimate of drug-likeness (QED) is 0.315. The number of aromatic amines is 1. The Morgan fingerprint density at radius 2 is 1.84 bits per heavy atom. The van der Waals surface area contributed by atoms with Gasteiger partial charge in [-0.1, -0.05) is 29.8 Å². The number of hydrogen-bond donors (Lipinski definition) is 1. The van der Waals surface area contributed by atoms with Crippen molar-refractivity contribution in [1.29, 1.82) is 5.26 Å². The first kappa shape index (κ1) is 21.4. The Balaban J connectivity index is 1.65. The maximum Gasteiger partial charge on any atom is 0.339 e. The number of imidazole rings is 1. The Bertz CT molecular complexity index is 1440. The number of nitrogens with one attached hydrogen (secondary N) is 1. The molecule has 7 nitrogen and oxygen atoms in total. The van der Waals surface area contributed by atoms with Crippen molar-refractivity contribution in [2.24, 2.45) is 0 Å². The first-order valence-corrected chi connectivity index (χ1v) is 11.1. The van der Waals surface area contributed by atoms with Gasteiger partial charge in [0, 0.05) is 5.02 Å². The fourth-order valence-corrected chi connectivity index (χ4v) is 4.08. The van der Waals surface area contributed by atoms with Crippen molar-refractivity contribution in [2.45, 2.75) is 4.90 Å². The topological polar surface area (TPSA) is 105 Å². The predicted molar refractivity (Wildman–Crippen MR) is 122 cm³/mol. The van der Waals surface area contributed by atoms with E-state index in [0.717, 1.165) is 11.0 Å². The summed E-state index contributed by atoms with van der Waals surface area (Å²) in [6, 6.07) is 19.9. The molecule has 0 bridgehead atoms. The van der Waals surface area contributed by atoms with Crippen LogP contribution in [0.15, 0.2) is 71.6 Å². The Hall–Kier alpha value is -3.80. The number of nitrogens with zero attached hydrogens (tertiary/aromatic N) is 2. The Morgan fingerprint density at radius 1 is 1.09 bits per heavy atom. The minimum absolute atomic E-state index is 0.0156. The normalized spacial score (nSPS) is 11.8. The Kier molecular flexibility index (Phi) is 5.86. The van der Waals surface area contributed by atoms with Crippen molar-refractivity contribution in [3.05, 3.63) is 83.1 Å². The summed E-state index contributed by atoms with van der Waals surface area (Å²) in [5.74, 6) is 0.637. The minimum atomic E-state index is -4.08. The third-order valence-corrected chi connectivity index (χ3v) is 6.07. The largest absolute Gasteiger partial charge is 0.493 e. The summed E-state index contributed by atoms with van der Waals surface area (Å²) < 4.78 is 35.7. The molecule has 0 aliphatic heterocycles. The van der Waals surface area contributed by atoms with E-state index in [-0.39, 0.29) is 16.4 Å². The molecule has 0 unspecified atom stereocenters. The van der Waals surface area contributed by atoms with Gasteiger partial charge in [-0.15, -0.1) is 0 Å². The van der Waals surface area contributed by atoms with Gasteiger partial charge < -0.3 is 13.9 Å². The maximum absolute atomic E-state index is 12.6. The van der Waals surface area contributed by atoms with Crippen LogP contribution in [0.2, 0.25) is 5.02 Å². The van der Waals surface area contributed by atoms with Crippen LogP contribution in [0.3, 0.4) is 0 Å². The van der Waals surface area contributed by atoms with Crippen molar-refractivity contribution in [3.63, 3.8) is 0 Å². The highest BCUT2D eigenvalue weighted by Crippen LogP contribution is 2.32. The Labute approximate surface area is 189 Å². The number of allylic oxidation sites excluding steroid dienone is 1. The number of hydrogen-bond acceptors (Lipinski definition) is 6. The van der Waals surface area contributed by atoms with Crippen molar-refractivity contribution >= 4 is 44.4 Å². The molecule has 0 saturated carbocycles. The highest BCUT2D eigenvalue weighted by molar-refractivity contribution is 7.87. The molecule has 9 heteroatoms. The predicted octanol–water partition coefficient (Wildman–Crippen LogP) is 5.06. The van der Waals surface area contributed by atoms with Gasteiger partial charge in [-0.05, 0) is 60.2 Å². The SMILES string of the molecule is COc1cc(/C=C(\C#N)c2nc3ccccc3[nH]2)ccc1OS(=O)(=O)c1ccc(Cl)cc1. The molecule has 0 saturated heterocycles. The lowest BCUT2D eigenvalue weighted by Crippen LogP contribution is -2.10. The van der Waals surface area contributed by atoms with Gasteiger partial charge in [0.05, 0.1) is 23.7 Å². The number of halogens is 1. The number of fused-ring (bicyclic) bond motifs is 1. The third kappa shape index (κ3) is 4.44. The summed E-state index contributed by atoms with van der Waals surface area (Å²) in [5, 5.41) is 10.0. The summed E-state index contributed by atoms with van der Waals surface area (Å²) in [5.41, 5.74) is 2.48. The van der Waals surface area contributed by atoms with Crippen LogP contribution < -0.4 is 8.92 Å². The summed E-state index contributed by atoms with van der Waals surface area (Å²) in [4.78, 5) is 7.51. The molecule has 0 fully saturated rings. The van der Waals surface area contributed by atoms with Crippen molar-refractivity contribution in [2.75, 3.05) is 7.11 Å². The molecule has 0 radical (unpaired) electrons. The molecule has 4 rings (SSSR count). The van der Waals surface area contributed by atoms with Gasteiger partial charge in [-0.25, -0.2) is 4.98 Å². The van der Waals surface area contributed by atoms with Gasteiger partial charge in [0.2, 0.25) is 0 Å². The second-order valence-electron chi connectivity index (χ2n) is 6.67. The van der Waals surface area contributed by atoms with E-state index in [1.54, 1.807) is 18.2 Å². The van der Waals surface area contributed by atoms with Crippen LogP contribution >= 0.6 is 11.6 Å². The zero-order valence-corrected chi connectivity index (χ0v) is 18.3. The second-order valence-corrected chi connectivity index (χ2v) is 8.66. The van der Waals surface area contributed by atoms with Gasteiger partial charge in [-0.2, -0.15) is 13.7 Å². The van der Waals surface area contributed by atoms with E-state index in [1.807, 2.05) is 24.3 Å². The fourth-order valence-electron chi connectivity index (χ4n) is 3.01. The molecule has 0 spiro atoms. The second kappa shape index (κ2) is 8.75. The summed E-state index contributed by atoms with van der Waals surface area (Å²) in [7, 11) is -2.68. The van der Waals surface area contributed by atoms with E-state index < -0.39 is 10.1 Å². The highest BCUT2D eigenvalue weighted by Gasteiger charge is 2.19. The first-order chi connectivity index (χ1) is 15.4. The minimum Gasteiger partial charge on any atom is -0.493 e. The Morgan fingerprint density at radius 3 is 2.53 bits per heavy atom. The van der Waals surface area contributed by atoms with E-state index in [9.17, 15) is 13.7 Å². The number of benzene rings is 3. The average molecular weight is 466 g/mol. The molecule has 160 valence electrons. The third-order valence-electron chi connectivity index (χ3n) is 4.57. The zero-order valence-electron chi connectivity index (χ0n) is 16.7. The van der Waals surface area contributed by atoms with Crippen LogP contribution in [-0.4, -0.2) is 25.5 Å². The van der Waals surface area contributed by atoms with Crippen LogP contribution in [0, 0.1) is 11.3 Å². The van der Waals surface area contributed by atoms with Crippen LogP contribution in [0.5, 0.6) is 11.5 Å². The first-order valence-electron chi connectivity index (χ1n) is 9.34. The molecular weight excluding hydrogens is 450 g/mol. The van der Waals surface area contributed by atoms with Crippen molar-refractivity contribution in [3.8, 4) is 17.6 Å². The molecule has 1 N–H and O–H groups in total. The van der Waals surface area contributed by atoms with E-state index in [4.69, 9.17) is 20.5 Å². The lowest BCUT2D eigenvalue weighted by Gasteiger charge is -2.11. The van der Waals surface area contributed by atoms with E-state index in [2.05, 4.69) is 16.0 Å². The number of methoxy groups -OCH3 is 1. The number of para-hydroxylation sites is 2. The monoisotopic (exact) mass is 465 g/mol. The van der Waals surface area contributed by atoms with Crippen LogP contribution in [0.25, 0.3) is 22.7 Å². The fraction of sp³-hybridized carbons (Fsp3) is 0.0435. The van der Waals surface area contributed by atoms with Gasteiger partial charge in [0.25, 0.3) is 0 Å². The molecule has 0 aliphatic rings. The number of aromatic nitrogens is 2. The van der Waals surface area contributed by atoms with Crippen molar-refractivity contribution < 1.29 is 17.3 Å². The molecule has 0 amide bonds. The highest BCUT2D eigenvalue weighted by atomic mass is 35.5. The number of nitriles is 1. The number of H-pyrrole nitrogens is 1. The summed E-state index contributed by atoms with van der Waals surface area (Å²) >= 11 is 5.82. The van der Waals surface area contributed by atoms with Crippen molar-refractivity contribution in [1.82, 2.24) is 9.97 Å². The summed E-state index contributed by atoms with van der Waals surface area (Å²) in [6.07, 6.45) is 1.62. The smallest absolute Gasteiger partial charge is 0.339 e. The van der Waals surface area contributed by atoms with Crippen LogP contribution in [-0.2, 0) is 10.1 Å². The molecule has 0 atom stereocenters. The molecular formula is C23H16ClN3O4S. The maximum atomic E-state index is 12.6. The molecule has 1 aromatic heterocycles. The molecule has 0 aliphatic carbocycles. The zero-order chi connectivity index (χ0) is 22.7. The average Bonchev–Trinajstić information content (AvgIpc) is 3.22. The van der Waals surface area contributed by atoms with E-state index in [1.165, 1.54) is 37.4 Å². The molecule has 4 aromatic rings. The number of ether oxygens (including phenoxy) is 1. The van der Waals surface area contributed by atoms with Gasteiger partial charge in [0.1, 0.15) is 16.8 Å². The lowest BCUT2D eigenvalue weighted by atomic mass is 10.1. The molecule has 3 aromatic carbocycles. The van der Waals surface area contributed by atoms with E-state index >= 15 is 0 Å². The summed E-state index contributed by atoms with van der Waals surface area (Å²) in [6.45, 7) is 0. The molecule has 1 heterocycles. The standard InChI is InChI=1S/C23H16ClN3O4S/c1-30-22-13-15(12-16(14-25)23-26-19-4-2-3-5-20(19)27-23)6-11-21(22)31-32(28,29)18-9-7-17(24)8-10-18/h2-13H,1H3,(H,26,27)/b16-12+. The van der Waals surface area contributed by atoms with Crippen LogP contribution in [0.4, 0.5) is 0 Å². The van der Waals surface area contributed by atoms with Gasteiger partial charge >= 0.3 is 10.1 Å². The van der Waals surface area contributed by atoms with E-state index in [0.29, 0.717) is 22.0 Å². The van der Waals surface area contributed by atoms with Gasteiger partial charge in [-0.3, -0.25) is 0 Å². The van der Waals surface area contributed by atoms with Crippen LogP contribution in [0.1, 0.15) is 11.4 Å². The lowest BCUT2D eigenvalue weighted by molar-refractivity contribution is 0.390. The van der Waals surface area contributed by atoms with Gasteiger partial charge in [0.15, 0.2) is 11.5 Å². The molecule has 32 heavy (non-hydrogen) atoms.